The van der Waals surface area contributed by atoms with Crippen molar-refractivity contribution in [2.75, 3.05) is 0 Å². The summed E-state index contributed by atoms with van der Waals surface area (Å²) in [6.45, 7) is 3.32. The molecule has 0 saturated heterocycles. The van der Waals surface area contributed by atoms with Crippen LogP contribution in [0, 0.1) is 5.82 Å². The molecule has 0 unspecified atom stereocenters. The van der Waals surface area contributed by atoms with Crippen molar-refractivity contribution in [1.29, 1.82) is 0 Å². The van der Waals surface area contributed by atoms with Gasteiger partial charge in [0, 0.05) is 16.5 Å². The van der Waals surface area contributed by atoms with Gasteiger partial charge < -0.3 is 15.6 Å². The number of phenolic OH excluding ortho intramolecular Hbond substituents is 1. The number of ether oxygens (including phenoxy) is 1. The Morgan fingerprint density at radius 3 is 2.37 bits per heavy atom. The Morgan fingerprint density at radius 1 is 1.03 bits per heavy atom. The van der Waals surface area contributed by atoms with Crippen LogP contribution in [0.15, 0.2) is 72.3 Å². The number of halogens is 4. The molecule has 4 aromatic rings. The molecule has 38 heavy (non-hydrogen) atoms. The van der Waals surface area contributed by atoms with Crippen molar-refractivity contribution in [2.24, 2.45) is 5.73 Å². The Balaban J connectivity index is 1.96. The number of aryl methyl sites for hydroxylation is 1. The standard InChI is InChI=1S/C30H25F4NO3/c1-3-4-20-14-21-15-23(36)10-12-25(21)28(27(20)18-5-8-22(31)9-6-18)38-24-11-7-19(13-17(2)29(35)37)26(16-24)30(32,33)34/h5-16,36H,3-4H2,1-2H3,(H2,35,37)/b17-13+. The molecule has 8 heteroatoms. The van der Waals surface area contributed by atoms with E-state index in [1.54, 1.807) is 24.3 Å². The average molecular weight is 524 g/mol. The molecule has 0 radical (unpaired) electrons. The summed E-state index contributed by atoms with van der Waals surface area (Å²) in [7, 11) is 0. The molecule has 0 bridgehead atoms. The van der Waals surface area contributed by atoms with Crippen LogP contribution in [-0.2, 0) is 17.4 Å². The van der Waals surface area contributed by atoms with Crippen molar-refractivity contribution in [2.45, 2.75) is 32.9 Å². The highest BCUT2D eigenvalue weighted by Crippen LogP contribution is 2.45. The Hall–Kier alpha value is -4.33. The number of carbonyl (C=O) groups is 1. The molecule has 0 heterocycles. The van der Waals surface area contributed by atoms with Gasteiger partial charge in [-0.15, -0.1) is 0 Å². The Labute approximate surface area is 217 Å². The van der Waals surface area contributed by atoms with Crippen LogP contribution < -0.4 is 10.5 Å². The van der Waals surface area contributed by atoms with E-state index >= 15 is 0 Å². The Morgan fingerprint density at radius 2 is 1.74 bits per heavy atom. The lowest BCUT2D eigenvalue weighted by Gasteiger charge is -2.20. The molecule has 4 nitrogen and oxygen atoms in total. The van der Waals surface area contributed by atoms with Crippen molar-refractivity contribution >= 4 is 22.8 Å². The first kappa shape index (κ1) is 26.7. The molecule has 196 valence electrons. The van der Waals surface area contributed by atoms with Crippen LogP contribution in [0.4, 0.5) is 17.6 Å². The highest BCUT2D eigenvalue weighted by Gasteiger charge is 2.34. The number of amides is 1. The molecular formula is C30H25F4NO3. The molecule has 0 aliphatic heterocycles. The molecule has 3 N–H and O–H groups in total. The topological polar surface area (TPSA) is 72.6 Å². The van der Waals surface area contributed by atoms with Gasteiger partial charge in [0.2, 0.25) is 5.91 Å². The fourth-order valence-electron chi connectivity index (χ4n) is 4.31. The first-order chi connectivity index (χ1) is 18.0. The lowest BCUT2D eigenvalue weighted by atomic mass is 9.91. The monoisotopic (exact) mass is 523 g/mol. The van der Waals surface area contributed by atoms with Crippen LogP contribution in [0.3, 0.4) is 0 Å². The zero-order chi connectivity index (χ0) is 27.6. The van der Waals surface area contributed by atoms with E-state index in [1.165, 1.54) is 37.3 Å². The zero-order valence-electron chi connectivity index (χ0n) is 20.7. The van der Waals surface area contributed by atoms with E-state index < -0.39 is 23.5 Å². The maximum absolute atomic E-state index is 14.0. The highest BCUT2D eigenvalue weighted by molar-refractivity contribution is 5.98. The third-order valence-corrected chi connectivity index (χ3v) is 6.12. The van der Waals surface area contributed by atoms with Gasteiger partial charge in [-0.2, -0.15) is 13.2 Å². The normalized spacial score (nSPS) is 12.1. The minimum absolute atomic E-state index is 0.0270. The molecule has 0 aliphatic carbocycles. The number of hydrogen-bond acceptors (Lipinski definition) is 3. The van der Waals surface area contributed by atoms with Crippen LogP contribution in [-0.4, -0.2) is 11.0 Å². The van der Waals surface area contributed by atoms with Crippen molar-refractivity contribution < 1.29 is 32.2 Å². The van der Waals surface area contributed by atoms with E-state index in [0.717, 1.165) is 24.1 Å². The smallest absolute Gasteiger partial charge is 0.417 e. The third-order valence-electron chi connectivity index (χ3n) is 6.12. The van der Waals surface area contributed by atoms with Crippen molar-refractivity contribution in [3.05, 3.63) is 94.8 Å². The van der Waals surface area contributed by atoms with Gasteiger partial charge in [0.25, 0.3) is 0 Å². The third kappa shape index (κ3) is 5.64. The van der Waals surface area contributed by atoms with E-state index in [0.29, 0.717) is 28.3 Å². The van der Waals surface area contributed by atoms with Gasteiger partial charge in [-0.05, 0) is 84.0 Å². The van der Waals surface area contributed by atoms with E-state index in [4.69, 9.17) is 10.5 Å². The molecule has 0 atom stereocenters. The fraction of sp³-hybridized carbons (Fsp3) is 0.167. The summed E-state index contributed by atoms with van der Waals surface area (Å²) < 4.78 is 61.9. The Kier molecular flexibility index (Phi) is 7.44. The molecule has 0 saturated carbocycles. The fourth-order valence-corrected chi connectivity index (χ4v) is 4.31. The average Bonchev–Trinajstić information content (AvgIpc) is 2.85. The predicted octanol–water partition coefficient (Wildman–Crippen LogP) is 8.00. The van der Waals surface area contributed by atoms with E-state index in [9.17, 15) is 27.5 Å². The van der Waals surface area contributed by atoms with Crippen molar-refractivity contribution in [1.82, 2.24) is 0 Å². The zero-order valence-corrected chi connectivity index (χ0v) is 20.7. The largest absolute Gasteiger partial charge is 0.508 e. The van der Waals surface area contributed by atoms with Crippen LogP contribution in [0.5, 0.6) is 17.2 Å². The lowest BCUT2D eigenvalue weighted by Crippen LogP contribution is -2.12. The number of aromatic hydroxyl groups is 1. The molecule has 4 rings (SSSR count). The summed E-state index contributed by atoms with van der Waals surface area (Å²) in [6.07, 6.45) is -2.28. The molecule has 0 fully saturated rings. The van der Waals surface area contributed by atoms with Gasteiger partial charge in [0.1, 0.15) is 23.1 Å². The summed E-state index contributed by atoms with van der Waals surface area (Å²) in [5.74, 6) is -1.03. The van der Waals surface area contributed by atoms with Crippen LogP contribution >= 0.6 is 0 Å². The van der Waals surface area contributed by atoms with Gasteiger partial charge in [-0.3, -0.25) is 4.79 Å². The van der Waals surface area contributed by atoms with Crippen LogP contribution in [0.25, 0.3) is 28.0 Å². The van der Waals surface area contributed by atoms with Gasteiger partial charge in [0.15, 0.2) is 0 Å². The van der Waals surface area contributed by atoms with Gasteiger partial charge >= 0.3 is 6.18 Å². The number of fused-ring (bicyclic) bond motifs is 1. The molecule has 1 amide bonds. The number of carbonyl (C=O) groups excluding carboxylic acids is 1. The second-order valence-electron chi connectivity index (χ2n) is 8.94. The minimum atomic E-state index is -4.74. The minimum Gasteiger partial charge on any atom is -0.508 e. The van der Waals surface area contributed by atoms with E-state index in [-0.39, 0.29) is 28.4 Å². The van der Waals surface area contributed by atoms with Gasteiger partial charge in [-0.25, -0.2) is 4.39 Å². The second-order valence-corrected chi connectivity index (χ2v) is 8.94. The maximum Gasteiger partial charge on any atom is 0.417 e. The summed E-state index contributed by atoms with van der Waals surface area (Å²) in [5, 5.41) is 11.3. The highest BCUT2D eigenvalue weighted by atomic mass is 19.4. The number of nitrogens with two attached hydrogens (primary N) is 1. The first-order valence-electron chi connectivity index (χ1n) is 11.9. The van der Waals surface area contributed by atoms with Crippen molar-refractivity contribution in [3.63, 3.8) is 0 Å². The summed E-state index contributed by atoms with van der Waals surface area (Å²) in [4.78, 5) is 11.4. The summed E-state index contributed by atoms with van der Waals surface area (Å²) in [6, 6.07) is 15.8. The molecule has 4 aromatic carbocycles. The quantitative estimate of drug-likeness (QED) is 0.190. The SMILES string of the molecule is CCCc1cc2cc(O)ccc2c(Oc2ccc(/C=C(\C)C(N)=O)c(C(F)(F)F)c2)c1-c1ccc(F)cc1. The number of hydrogen-bond donors (Lipinski definition) is 2. The van der Waals surface area contributed by atoms with Crippen molar-refractivity contribution in [3.8, 4) is 28.4 Å². The van der Waals surface area contributed by atoms with E-state index in [1.807, 2.05) is 13.0 Å². The lowest BCUT2D eigenvalue weighted by molar-refractivity contribution is -0.137. The summed E-state index contributed by atoms with van der Waals surface area (Å²) in [5.41, 5.74) is 6.04. The van der Waals surface area contributed by atoms with Crippen LogP contribution in [0.1, 0.15) is 37.0 Å². The molecular weight excluding hydrogens is 498 g/mol. The number of rotatable bonds is 7. The number of alkyl halides is 3. The first-order valence-corrected chi connectivity index (χ1v) is 11.9. The number of benzene rings is 4. The molecule has 0 spiro atoms. The molecule has 0 aromatic heterocycles. The van der Waals surface area contributed by atoms with Crippen LogP contribution in [0.2, 0.25) is 0 Å². The van der Waals surface area contributed by atoms with Gasteiger partial charge in [0.05, 0.1) is 5.56 Å². The summed E-state index contributed by atoms with van der Waals surface area (Å²) >= 11 is 0. The van der Waals surface area contributed by atoms with Gasteiger partial charge in [-0.1, -0.05) is 37.6 Å². The maximum atomic E-state index is 14.0. The van der Waals surface area contributed by atoms with E-state index in [2.05, 4.69) is 0 Å². The number of phenols is 1. The second kappa shape index (κ2) is 10.6. The molecule has 0 aliphatic rings. The Bertz CT molecular complexity index is 1540. The number of primary amides is 1. The predicted molar refractivity (Wildman–Crippen MR) is 139 cm³/mol.